The summed E-state index contributed by atoms with van der Waals surface area (Å²) in [7, 11) is 0. The molecule has 124 valence electrons. The minimum Gasteiger partial charge on any atom is -0.242 e. The Morgan fingerprint density at radius 3 is 1.88 bits per heavy atom. The average Bonchev–Trinajstić information content (AvgIpc) is 2.67. The second kappa shape index (κ2) is 7.64. The van der Waals surface area contributed by atoms with Crippen LogP contribution in [0.1, 0.15) is 20.7 Å². The monoisotopic (exact) mass is 352 g/mol. The van der Waals surface area contributed by atoms with E-state index in [0.717, 1.165) is 11.1 Å². The van der Waals surface area contributed by atoms with E-state index in [0.29, 0.717) is 0 Å². The van der Waals surface area contributed by atoms with E-state index in [2.05, 4.69) is 9.78 Å². The maximum Gasteiger partial charge on any atom is 0.387 e. The number of carbonyl (C=O) groups excluding carboxylic acids is 2. The highest BCUT2D eigenvalue weighted by atomic mass is 35.5. The van der Waals surface area contributed by atoms with Gasteiger partial charge in [0.25, 0.3) is 0 Å². The fourth-order valence-corrected chi connectivity index (χ4v) is 2.44. The van der Waals surface area contributed by atoms with Crippen LogP contribution < -0.4 is 0 Å². The number of hydrogen-bond donors (Lipinski definition) is 0. The molecular weight excluding hydrogens is 340 g/mol. The Balaban J connectivity index is 1.64. The van der Waals surface area contributed by atoms with Gasteiger partial charge in [-0.25, -0.2) is 19.4 Å². The highest BCUT2D eigenvalue weighted by Crippen LogP contribution is 2.20. The summed E-state index contributed by atoms with van der Waals surface area (Å²) in [5.41, 5.74) is 2.39. The molecule has 0 bridgehead atoms. The molecule has 3 rings (SSSR count). The minimum absolute atomic E-state index is 0.122. The third-order valence-corrected chi connectivity index (χ3v) is 3.84. The van der Waals surface area contributed by atoms with E-state index in [1.54, 1.807) is 42.5 Å². The molecule has 0 aliphatic heterocycles. The third-order valence-electron chi connectivity index (χ3n) is 3.51. The zero-order chi connectivity index (χ0) is 17.6. The first-order valence-corrected chi connectivity index (χ1v) is 7.86. The average molecular weight is 353 g/mol. The molecule has 0 aromatic heterocycles. The maximum atomic E-state index is 12.0. The summed E-state index contributed by atoms with van der Waals surface area (Å²) < 4.78 is 0. The molecule has 0 aliphatic carbocycles. The standard InChI is InChI=1S/C20H13ClO4/c21-18-9-5-4-8-17(18)20(23)25-24-19(22)16-12-10-15(11-13-16)14-6-2-1-3-7-14/h1-13H. The first-order valence-electron chi connectivity index (χ1n) is 7.48. The Labute approximate surface area is 149 Å². The molecule has 0 atom stereocenters. The van der Waals surface area contributed by atoms with Crippen molar-refractivity contribution in [3.63, 3.8) is 0 Å². The summed E-state index contributed by atoms with van der Waals surface area (Å²) >= 11 is 5.89. The molecule has 4 nitrogen and oxygen atoms in total. The fraction of sp³-hybridized carbons (Fsp3) is 0. The SMILES string of the molecule is O=C(OOC(=O)c1ccccc1Cl)c1ccc(-c2ccccc2)cc1. The minimum atomic E-state index is -0.833. The second-order valence-corrected chi connectivity index (χ2v) is 5.57. The quantitative estimate of drug-likeness (QED) is 0.495. The first-order chi connectivity index (χ1) is 12.1. The van der Waals surface area contributed by atoms with Gasteiger partial charge in [-0.2, -0.15) is 0 Å². The van der Waals surface area contributed by atoms with Crippen molar-refractivity contribution in [3.8, 4) is 11.1 Å². The molecular formula is C20H13ClO4. The Hall–Kier alpha value is -3.11. The third kappa shape index (κ3) is 4.05. The summed E-state index contributed by atoms with van der Waals surface area (Å²) in [6.45, 7) is 0. The predicted molar refractivity (Wildman–Crippen MR) is 94.2 cm³/mol. The van der Waals surface area contributed by atoms with Crippen LogP contribution in [-0.2, 0) is 9.78 Å². The lowest BCUT2D eigenvalue weighted by molar-refractivity contribution is -0.187. The van der Waals surface area contributed by atoms with Crippen molar-refractivity contribution in [2.24, 2.45) is 0 Å². The summed E-state index contributed by atoms with van der Waals surface area (Å²) in [6.07, 6.45) is 0. The van der Waals surface area contributed by atoms with E-state index in [9.17, 15) is 9.59 Å². The molecule has 0 heterocycles. The normalized spacial score (nSPS) is 10.1. The molecule has 5 heteroatoms. The van der Waals surface area contributed by atoms with Crippen LogP contribution in [0.5, 0.6) is 0 Å². The van der Waals surface area contributed by atoms with Crippen molar-refractivity contribution in [2.45, 2.75) is 0 Å². The molecule has 0 saturated heterocycles. The molecule has 0 unspecified atom stereocenters. The van der Waals surface area contributed by atoms with E-state index < -0.39 is 11.9 Å². The van der Waals surface area contributed by atoms with Crippen molar-refractivity contribution in [1.29, 1.82) is 0 Å². The van der Waals surface area contributed by atoms with Gasteiger partial charge in [-0.1, -0.05) is 66.2 Å². The zero-order valence-corrected chi connectivity index (χ0v) is 13.8. The van der Waals surface area contributed by atoms with Crippen molar-refractivity contribution in [3.05, 3.63) is 95.0 Å². The topological polar surface area (TPSA) is 52.6 Å². The van der Waals surface area contributed by atoms with Crippen molar-refractivity contribution in [2.75, 3.05) is 0 Å². The van der Waals surface area contributed by atoms with E-state index in [-0.39, 0.29) is 16.1 Å². The van der Waals surface area contributed by atoms with Crippen LogP contribution in [0, 0.1) is 0 Å². The molecule has 0 radical (unpaired) electrons. The molecule has 0 amide bonds. The largest absolute Gasteiger partial charge is 0.387 e. The molecule has 0 fully saturated rings. The van der Waals surface area contributed by atoms with Crippen LogP contribution in [0.25, 0.3) is 11.1 Å². The van der Waals surface area contributed by atoms with E-state index in [1.165, 1.54) is 6.07 Å². The van der Waals surface area contributed by atoms with Crippen LogP contribution in [0.3, 0.4) is 0 Å². The Bertz CT molecular complexity index is 889. The van der Waals surface area contributed by atoms with Crippen LogP contribution >= 0.6 is 11.6 Å². The molecule has 0 spiro atoms. The van der Waals surface area contributed by atoms with Crippen LogP contribution in [-0.4, -0.2) is 11.9 Å². The van der Waals surface area contributed by atoms with E-state index in [4.69, 9.17) is 11.6 Å². The molecule has 3 aromatic rings. The molecule has 25 heavy (non-hydrogen) atoms. The summed E-state index contributed by atoms with van der Waals surface area (Å²) in [5, 5.41) is 0.218. The van der Waals surface area contributed by atoms with Crippen molar-refractivity contribution >= 4 is 23.5 Å². The highest BCUT2D eigenvalue weighted by molar-refractivity contribution is 6.33. The smallest absolute Gasteiger partial charge is 0.242 e. The van der Waals surface area contributed by atoms with Crippen molar-refractivity contribution < 1.29 is 19.4 Å². The number of hydrogen-bond acceptors (Lipinski definition) is 4. The van der Waals surface area contributed by atoms with E-state index in [1.807, 2.05) is 30.3 Å². The van der Waals surface area contributed by atoms with Crippen LogP contribution in [0.15, 0.2) is 78.9 Å². The molecule has 0 aliphatic rings. The molecule has 0 N–H and O–H groups in total. The lowest BCUT2D eigenvalue weighted by Crippen LogP contribution is -2.12. The predicted octanol–water partition coefficient (Wildman–Crippen LogP) is 4.94. The maximum absolute atomic E-state index is 12.0. The van der Waals surface area contributed by atoms with Gasteiger partial charge >= 0.3 is 11.9 Å². The Kier molecular flexibility index (Phi) is 5.11. The molecule has 0 saturated carbocycles. The first kappa shape index (κ1) is 16.7. The Morgan fingerprint density at radius 2 is 1.20 bits per heavy atom. The van der Waals surface area contributed by atoms with Gasteiger partial charge in [0.05, 0.1) is 16.1 Å². The van der Waals surface area contributed by atoms with Crippen LogP contribution in [0.4, 0.5) is 0 Å². The second-order valence-electron chi connectivity index (χ2n) is 5.16. The number of rotatable bonds is 3. The highest BCUT2D eigenvalue weighted by Gasteiger charge is 2.16. The van der Waals surface area contributed by atoms with Gasteiger partial charge in [0.1, 0.15) is 0 Å². The van der Waals surface area contributed by atoms with Crippen molar-refractivity contribution in [1.82, 2.24) is 0 Å². The van der Waals surface area contributed by atoms with E-state index >= 15 is 0 Å². The van der Waals surface area contributed by atoms with Gasteiger partial charge in [-0.3, -0.25) is 0 Å². The van der Waals surface area contributed by atoms with Gasteiger partial charge in [0, 0.05) is 0 Å². The summed E-state index contributed by atoms with van der Waals surface area (Å²) in [6, 6.07) is 22.9. The van der Waals surface area contributed by atoms with Gasteiger partial charge in [-0.05, 0) is 35.4 Å². The zero-order valence-electron chi connectivity index (χ0n) is 13.0. The number of carbonyl (C=O) groups is 2. The summed E-state index contributed by atoms with van der Waals surface area (Å²) in [5.74, 6) is -1.60. The summed E-state index contributed by atoms with van der Waals surface area (Å²) in [4.78, 5) is 33.0. The number of benzene rings is 3. The molecule has 3 aromatic carbocycles. The van der Waals surface area contributed by atoms with Gasteiger partial charge in [-0.15, -0.1) is 0 Å². The van der Waals surface area contributed by atoms with Crippen LogP contribution in [0.2, 0.25) is 5.02 Å². The number of halogens is 1. The van der Waals surface area contributed by atoms with Gasteiger partial charge < -0.3 is 0 Å². The van der Waals surface area contributed by atoms with Gasteiger partial charge in [0.2, 0.25) is 0 Å². The van der Waals surface area contributed by atoms with Gasteiger partial charge in [0.15, 0.2) is 0 Å². The lowest BCUT2D eigenvalue weighted by Gasteiger charge is -2.05. The lowest BCUT2D eigenvalue weighted by atomic mass is 10.0. The Morgan fingerprint density at radius 1 is 0.640 bits per heavy atom. The fourth-order valence-electron chi connectivity index (χ4n) is 2.22.